The third-order valence-corrected chi connectivity index (χ3v) is 6.06. The molecule has 0 spiro atoms. The lowest BCUT2D eigenvalue weighted by Crippen LogP contribution is -2.42. The van der Waals surface area contributed by atoms with E-state index in [2.05, 4.69) is 15.1 Å². The summed E-state index contributed by atoms with van der Waals surface area (Å²) in [6.07, 6.45) is 2.93. The molecule has 1 aliphatic rings. The van der Waals surface area contributed by atoms with Crippen LogP contribution < -0.4 is 0 Å². The second-order valence-corrected chi connectivity index (χ2v) is 8.46. The lowest BCUT2D eigenvalue weighted by atomic mass is 9.97. The van der Waals surface area contributed by atoms with Gasteiger partial charge >= 0.3 is 0 Å². The molecule has 1 amide bonds. The van der Waals surface area contributed by atoms with Crippen LogP contribution in [0.1, 0.15) is 34.5 Å². The van der Waals surface area contributed by atoms with E-state index < -0.39 is 0 Å². The first-order valence-electron chi connectivity index (χ1n) is 10.7. The quantitative estimate of drug-likeness (QED) is 0.670. The van der Waals surface area contributed by atoms with E-state index in [0.29, 0.717) is 24.6 Å². The summed E-state index contributed by atoms with van der Waals surface area (Å²) < 4.78 is 13.9. The number of H-pyrrole nitrogens is 1. The monoisotopic (exact) mass is 408 g/mol. The molecule has 3 aromatic rings. The highest BCUT2D eigenvalue weighted by Gasteiger charge is 2.25. The van der Waals surface area contributed by atoms with Gasteiger partial charge in [-0.25, -0.2) is 4.39 Å². The number of aromatic nitrogens is 2. The number of nitrogens with zero attached hydrogens (tertiary/aromatic N) is 3. The maximum absolute atomic E-state index is 13.9. The van der Waals surface area contributed by atoms with Gasteiger partial charge in [-0.15, -0.1) is 0 Å². The fraction of sp³-hybridized carbons (Fsp3) is 0.417. The summed E-state index contributed by atoms with van der Waals surface area (Å²) in [5, 5.41) is 8.11. The van der Waals surface area contributed by atoms with E-state index >= 15 is 0 Å². The van der Waals surface area contributed by atoms with Crippen molar-refractivity contribution in [2.75, 3.05) is 33.2 Å². The molecule has 0 saturated carbocycles. The van der Waals surface area contributed by atoms with Gasteiger partial charge in [-0.05, 0) is 62.4 Å². The number of nitrogens with one attached hydrogen (secondary N) is 1. The van der Waals surface area contributed by atoms with Crippen molar-refractivity contribution in [2.45, 2.75) is 26.2 Å². The molecule has 1 saturated heterocycles. The second kappa shape index (κ2) is 8.96. The zero-order chi connectivity index (χ0) is 21.1. The van der Waals surface area contributed by atoms with E-state index in [-0.39, 0.29) is 11.7 Å². The predicted molar refractivity (Wildman–Crippen MR) is 117 cm³/mol. The summed E-state index contributed by atoms with van der Waals surface area (Å²) in [5.41, 5.74) is 3.25. The Morgan fingerprint density at radius 1 is 1.30 bits per heavy atom. The molecule has 5 nitrogen and oxygen atoms in total. The molecule has 1 aromatic heterocycles. The number of carbonyl (C=O) groups is 1. The number of likely N-dealkylation sites (tertiary alicyclic amines) is 1. The van der Waals surface area contributed by atoms with Crippen LogP contribution in [0.25, 0.3) is 10.9 Å². The van der Waals surface area contributed by atoms with Crippen LogP contribution in [0.2, 0.25) is 0 Å². The minimum Gasteiger partial charge on any atom is -0.340 e. The summed E-state index contributed by atoms with van der Waals surface area (Å²) in [6, 6.07) is 13.0. The summed E-state index contributed by atoms with van der Waals surface area (Å²) in [6.45, 7) is 5.54. The lowest BCUT2D eigenvalue weighted by molar-refractivity contribution is 0.0726. The first-order chi connectivity index (χ1) is 14.5. The molecule has 158 valence electrons. The highest BCUT2D eigenvalue weighted by molar-refractivity contribution is 6.04. The van der Waals surface area contributed by atoms with Gasteiger partial charge in [0.2, 0.25) is 0 Å². The third kappa shape index (κ3) is 4.54. The average Bonchev–Trinajstić information content (AvgIpc) is 3.16. The number of halogens is 1. The van der Waals surface area contributed by atoms with Gasteiger partial charge in [0.25, 0.3) is 5.91 Å². The molecular formula is C24H29FN4O. The van der Waals surface area contributed by atoms with Crippen LogP contribution in [0.15, 0.2) is 42.5 Å². The molecular weight excluding hydrogens is 379 g/mol. The largest absolute Gasteiger partial charge is 0.340 e. The van der Waals surface area contributed by atoms with Gasteiger partial charge in [0.1, 0.15) is 5.82 Å². The van der Waals surface area contributed by atoms with Gasteiger partial charge in [0, 0.05) is 32.1 Å². The van der Waals surface area contributed by atoms with E-state index in [1.807, 2.05) is 44.3 Å². The van der Waals surface area contributed by atoms with Crippen molar-refractivity contribution in [2.24, 2.45) is 5.92 Å². The van der Waals surface area contributed by atoms with Crippen molar-refractivity contribution >= 4 is 16.8 Å². The maximum atomic E-state index is 13.9. The average molecular weight is 409 g/mol. The van der Waals surface area contributed by atoms with Gasteiger partial charge in [0.05, 0.1) is 5.52 Å². The molecule has 1 aliphatic heterocycles. The Balaban J connectivity index is 1.35. The highest BCUT2D eigenvalue weighted by atomic mass is 19.1. The Bertz CT molecular complexity index is 1030. The van der Waals surface area contributed by atoms with Crippen LogP contribution in [-0.2, 0) is 6.42 Å². The van der Waals surface area contributed by atoms with Crippen LogP contribution in [-0.4, -0.2) is 59.1 Å². The molecule has 1 N–H and O–H groups in total. The topological polar surface area (TPSA) is 52.2 Å². The number of hydrogen-bond donors (Lipinski definition) is 1. The highest BCUT2D eigenvalue weighted by Crippen LogP contribution is 2.22. The van der Waals surface area contributed by atoms with Crippen molar-refractivity contribution in [3.05, 3.63) is 65.1 Å². The normalized spacial score (nSPS) is 17.4. The Morgan fingerprint density at radius 3 is 2.97 bits per heavy atom. The lowest BCUT2D eigenvalue weighted by Gasteiger charge is -2.34. The van der Waals surface area contributed by atoms with Crippen LogP contribution in [0.4, 0.5) is 4.39 Å². The molecule has 1 unspecified atom stereocenters. The standard InChI is InChI=1S/C24H29FN4O/c1-17-9-10-22-20(14-17)23(27-26-22)24(30)28(2)15-18-6-5-12-29(16-18)13-11-19-7-3-4-8-21(19)25/h3-4,7-10,14,18H,5-6,11-13,15-16H2,1-2H3,(H,26,27). The van der Waals surface area contributed by atoms with Crippen molar-refractivity contribution in [3.8, 4) is 0 Å². The fourth-order valence-corrected chi connectivity index (χ4v) is 4.42. The zero-order valence-corrected chi connectivity index (χ0v) is 17.7. The second-order valence-electron chi connectivity index (χ2n) is 8.46. The molecule has 0 radical (unpaired) electrons. The Morgan fingerprint density at radius 2 is 2.13 bits per heavy atom. The number of amides is 1. The van der Waals surface area contributed by atoms with E-state index in [1.54, 1.807) is 11.0 Å². The molecule has 2 aromatic carbocycles. The SMILES string of the molecule is Cc1ccc2[nH]nc(C(=O)N(C)CC3CCCN(CCc4ccccc4F)C3)c2c1. The summed E-state index contributed by atoms with van der Waals surface area (Å²) in [7, 11) is 1.86. The van der Waals surface area contributed by atoms with Crippen molar-refractivity contribution in [3.63, 3.8) is 0 Å². The van der Waals surface area contributed by atoms with Gasteiger partial charge < -0.3 is 9.80 Å². The molecule has 2 heterocycles. The maximum Gasteiger partial charge on any atom is 0.274 e. The molecule has 1 atom stereocenters. The number of aryl methyl sites for hydroxylation is 1. The number of aromatic amines is 1. The van der Waals surface area contributed by atoms with E-state index in [0.717, 1.165) is 54.5 Å². The number of carbonyl (C=O) groups excluding carboxylic acids is 1. The molecule has 0 aliphatic carbocycles. The summed E-state index contributed by atoms with van der Waals surface area (Å²) >= 11 is 0. The third-order valence-electron chi connectivity index (χ3n) is 6.06. The van der Waals surface area contributed by atoms with Gasteiger partial charge in [-0.2, -0.15) is 5.10 Å². The van der Waals surface area contributed by atoms with Gasteiger partial charge in [0.15, 0.2) is 5.69 Å². The van der Waals surface area contributed by atoms with Gasteiger partial charge in [-0.1, -0.05) is 29.8 Å². The van der Waals surface area contributed by atoms with Crippen LogP contribution in [0.5, 0.6) is 0 Å². The van der Waals surface area contributed by atoms with Crippen molar-refractivity contribution in [1.29, 1.82) is 0 Å². The molecule has 4 rings (SSSR count). The molecule has 30 heavy (non-hydrogen) atoms. The van der Waals surface area contributed by atoms with Crippen molar-refractivity contribution < 1.29 is 9.18 Å². The van der Waals surface area contributed by atoms with Gasteiger partial charge in [-0.3, -0.25) is 9.89 Å². The Labute approximate surface area is 176 Å². The molecule has 1 fully saturated rings. The van der Waals surface area contributed by atoms with Crippen molar-refractivity contribution in [1.82, 2.24) is 20.0 Å². The first-order valence-corrected chi connectivity index (χ1v) is 10.7. The number of fused-ring (bicyclic) bond motifs is 1. The number of benzene rings is 2. The fourth-order valence-electron chi connectivity index (χ4n) is 4.42. The smallest absolute Gasteiger partial charge is 0.274 e. The predicted octanol–water partition coefficient (Wildman–Crippen LogP) is 4.04. The summed E-state index contributed by atoms with van der Waals surface area (Å²) in [4.78, 5) is 17.2. The Hall–Kier alpha value is -2.73. The number of rotatable bonds is 6. The molecule has 6 heteroatoms. The minimum atomic E-state index is -0.127. The number of hydrogen-bond acceptors (Lipinski definition) is 3. The number of piperidine rings is 1. The van der Waals surface area contributed by atoms with Crippen LogP contribution >= 0.6 is 0 Å². The zero-order valence-electron chi connectivity index (χ0n) is 17.7. The summed E-state index contributed by atoms with van der Waals surface area (Å²) in [5.74, 6) is 0.244. The Kier molecular flexibility index (Phi) is 6.13. The minimum absolute atomic E-state index is 0.0460. The van der Waals surface area contributed by atoms with E-state index in [1.165, 1.54) is 6.07 Å². The first kappa shape index (κ1) is 20.5. The van der Waals surface area contributed by atoms with E-state index in [4.69, 9.17) is 0 Å². The van der Waals surface area contributed by atoms with Crippen LogP contribution in [0, 0.1) is 18.7 Å². The van der Waals surface area contributed by atoms with Crippen LogP contribution in [0.3, 0.4) is 0 Å². The molecule has 0 bridgehead atoms. The van der Waals surface area contributed by atoms with E-state index in [9.17, 15) is 9.18 Å².